The molecule has 7 heteroatoms. The Hall–Kier alpha value is -2.38. The number of carbonyl (C=O) groups excluding carboxylic acids is 1. The van der Waals surface area contributed by atoms with E-state index in [-0.39, 0.29) is 18.6 Å². The van der Waals surface area contributed by atoms with Gasteiger partial charge in [-0.15, -0.1) is 0 Å². The van der Waals surface area contributed by atoms with Crippen LogP contribution < -0.4 is 10.1 Å². The van der Waals surface area contributed by atoms with Crippen LogP contribution >= 0.6 is 0 Å². The van der Waals surface area contributed by atoms with Crippen molar-refractivity contribution in [3.8, 4) is 11.4 Å². The zero-order valence-corrected chi connectivity index (χ0v) is 15.0. The van der Waals surface area contributed by atoms with Gasteiger partial charge in [0.05, 0.1) is 31.7 Å². The number of aromatic nitrogens is 2. The van der Waals surface area contributed by atoms with Crippen LogP contribution in [0.4, 0.5) is 0 Å². The third-order valence-corrected chi connectivity index (χ3v) is 4.25. The van der Waals surface area contributed by atoms with Gasteiger partial charge in [0.1, 0.15) is 12.4 Å². The molecule has 0 aliphatic carbocycles. The van der Waals surface area contributed by atoms with Crippen LogP contribution in [0.15, 0.2) is 36.7 Å². The standard InChI is InChI=1S/C19H25N3O4/c1-24-17-7-4-5-16(9-17)22-12-15(11-21-22)10-20-19(23)14-25-13-18-6-2-3-8-26-18/h4-5,7,9,11-12,18H,2-3,6,8,10,13-14H2,1H3,(H,20,23)/t18-/m1/s1. The maximum absolute atomic E-state index is 11.9. The lowest BCUT2D eigenvalue weighted by atomic mass is 10.1. The molecule has 0 spiro atoms. The van der Waals surface area contributed by atoms with E-state index in [2.05, 4.69) is 10.4 Å². The molecule has 0 saturated carbocycles. The second kappa shape index (κ2) is 9.35. The van der Waals surface area contributed by atoms with Crippen molar-refractivity contribution in [1.29, 1.82) is 0 Å². The van der Waals surface area contributed by atoms with Crippen molar-refractivity contribution >= 4 is 5.91 Å². The first-order chi connectivity index (χ1) is 12.7. The van der Waals surface area contributed by atoms with Crippen molar-refractivity contribution in [2.24, 2.45) is 0 Å². The highest BCUT2D eigenvalue weighted by molar-refractivity contribution is 5.77. The Bertz CT molecular complexity index is 710. The van der Waals surface area contributed by atoms with Crippen LogP contribution in [-0.2, 0) is 20.8 Å². The maximum Gasteiger partial charge on any atom is 0.246 e. The number of amides is 1. The normalized spacial score (nSPS) is 17.0. The third kappa shape index (κ3) is 5.31. The summed E-state index contributed by atoms with van der Waals surface area (Å²) in [4.78, 5) is 11.9. The van der Waals surface area contributed by atoms with Crippen molar-refractivity contribution in [1.82, 2.24) is 15.1 Å². The van der Waals surface area contributed by atoms with Crippen molar-refractivity contribution in [3.05, 3.63) is 42.2 Å². The van der Waals surface area contributed by atoms with Crippen LogP contribution in [0, 0.1) is 0 Å². The molecule has 1 atom stereocenters. The molecule has 1 fully saturated rings. The Labute approximate surface area is 153 Å². The fraction of sp³-hybridized carbons (Fsp3) is 0.474. The van der Waals surface area contributed by atoms with Gasteiger partial charge >= 0.3 is 0 Å². The van der Waals surface area contributed by atoms with E-state index >= 15 is 0 Å². The van der Waals surface area contributed by atoms with E-state index in [0.717, 1.165) is 42.9 Å². The van der Waals surface area contributed by atoms with Gasteiger partial charge in [-0.05, 0) is 31.4 Å². The molecule has 1 aromatic carbocycles. The molecular formula is C19H25N3O4. The summed E-state index contributed by atoms with van der Waals surface area (Å²) in [5.74, 6) is 0.627. The van der Waals surface area contributed by atoms with Crippen LogP contribution in [0.2, 0.25) is 0 Å². The summed E-state index contributed by atoms with van der Waals surface area (Å²) < 4.78 is 18.0. The lowest BCUT2D eigenvalue weighted by molar-refractivity contribution is -0.128. The zero-order chi connectivity index (χ0) is 18.2. The number of nitrogens with zero attached hydrogens (tertiary/aromatic N) is 2. The molecule has 0 bridgehead atoms. The SMILES string of the molecule is COc1cccc(-n2cc(CNC(=O)COC[C@H]3CCCCO3)cn2)c1. The van der Waals surface area contributed by atoms with Crippen molar-refractivity contribution < 1.29 is 19.0 Å². The number of hydrogen-bond donors (Lipinski definition) is 1. The predicted octanol–water partition coefficient (Wildman–Crippen LogP) is 2.08. The number of benzene rings is 1. The van der Waals surface area contributed by atoms with Gasteiger partial charge in [0.15, 0.2) is 0 Å². The first-order valence-electron chi connectivity index (χ1n) is 8.88. The second-order valence-corrected chi connectivity index (χ2v) is 6.28. The number of methoxy groups -OCH3 is 1. The molecule has 1 aliphatic heterocycles. The number of rotatable bonds is 8. The highest BCUT2D eigenvalue weighted by atomic mass is 16.5. The molecule has 1 amide bonds. The van der Waals surface area contributed by atoms with Crippen molar-refractivity contribution in [2.45, 2.75) is 31.9 Å². The van der Waals surface area contributed by atoms with Gasteiger partial charge < -0.3 is 19.5 Å². The minimum atomic E-state index is -0.144. The Morgan fingerprint density at radius 3 is 3.15 bits per heavy atom. The second-order valence-electron chi connectivity index (χ2n) is 6.28. The van der Waals surface area contributed by atoms with Gasteiger partial charge in [0.25, 0.3) is 0 Å². The Morgan fingerprint density at radius 1 is 1.42 bits per heavy atom. The summed E-state index contributed by atoms with van der Waals surface area (Å²) in [5, 5.41) is 7.17. The molecule has 0 unspecified atom stereocenters. The maximum atomic E-state index is 11.9. The Balaban J connectivity index is 1.41. The van der Waals surface area contributed by atoms with Gasteiger partial charge in [-0.3, -0.25) is 4.79 Å². The summed E-state index contributed by atoms with van der Waals surface area (Å²) in [6.45, 7) is 1.72. The summed E-state index contributed by atoms with van der Waals surface area (Å²) >= 11 is 0. The smallest absolute Gasteiger partial charge is 0.246 e. The largest absolute Gasteiger partial charge is 0.497 e. The van der Waals surface area contributed by atoms with Gasteiger partial charge in [0, 0.05) is 31.0 Å². The highest BCUT2D eigenvalue weighted by Gasteiger charge is 2.14. The van der Waals surface area contributed by atoms with Crippen molar-refractivity contribution in [3.63, 3.8) is 0 Å². The minimum Gasteiger partial charge on any atom is -0.497 e. The molecule has 26 heavy (non-hydrogen) atoms. The van der Waals surface area contributed by atoms with E-state index < -0.39 is 0 Å². The first-order valence-corrected chi connectivity index (χ1v) is 8.88. The fourth-order valence-electron chi connectivity index (χ4n) is 2.82. The van der Waals surface area contributed by atoms with Crippen molar-refractivity contribution in [2.75, 3.05) is 26.9 Å². The first kappa shape index (κ1) is 18.4. The summed E-state index contributed by atoms with van der Waals surface area (Å²) in [7, 11) is 1.63. The van der Waals surface area contributed by atoms with Crippen LogP contribution in [-0.4, -0.2) is 48.7 Å². The van der Waals surface area contributed by atoms with Crippen LogP contribution in [0.25, 0.3) is 5.69 Å². The molecule has 140 valence electrons. The predicted molar refractivity (Wildman–Crippen MR) is 96.4 cm³/mol. The lowest BCUT2D eigenvalue weighted by Gasteiger charge is -2.22. The van der Waals surface area contributed by atoms with E-state index in [1.54, 1.807) is 18.0 Å². The van der Waals surface area contributed by atoms with Crippen LogP contribution in [0.1, 0.15) is 24.8 Å². The number of ether oxygens (including phenoxy) is 3. The third-order valence-electron chi connectivity index (χ3n) is 4.25. The Morgan fingerprint density at radius 2 is 2.35 bits per heavy atom. The molecule has 7 nitrogen and oxygen atoms in total. The number of nitrogens with one attached hydrogen (secondary N) is 1. The van der Waals surface area contributed by atoms with E-state index in [1.807, 2.05) is 30.5 Å². The molecule has 1 aromatic heterocycles. The zero-order valence-electron chi connectivity index (χ0n) is 15.0. The number of carbonyl (C=O) groups is 1. The average molecular weight is 359 g/mol. The summed E-state index contributed by atoms with van der Waals surface area (Å²) in [6, 6.07) is 7.63. The highest BCUT2D eigenvalue weighted by Crippen LogP contribution is 2.16. The molecule has 0 radical (unpaired) electrons. The monoisotopic (exact) mass is 359 g/mol. The molecule has 2 heterocycles. The average Bonchev–Trinajstić information content (AvgIpc) is 3.16. The van der Waals surface area contributed by atoms with Crippen LogP contribution in [0.3, 0.4) is 0 Å². The van der Waals surface area contributed by atoms with E-state index in [1.165, 1.54) is 0 Å². The van der Waals surface area contributed by atoms with E-state index in [0.29, 0.717) is 13.2 Å². The van der Waals surface area contributed by atoms with Gasteiger partial charge in [0.2, 0.25) is 5.91 Å². The van der Waals surface area contributed by atoms with E-state index in [4.69, 9.17) is 14.2 Å². The quantitative estimate of drug-likeness (QED) is 0.781. The molecule has 3 rings (SSSR count). The lowest BCUT2D eigenvalue weighted by Crippen LogP contribution is -2.30. The fourth-order valence-corrected chi connectivity index (χ4v) is 2.82. The number of hydrogen-bond acceptors (Lipinski definition) is 5. The van der Waals surface area contributed by atoms with Gasteiger partial charge in [-0.1, -0.05) is 6.07 Å². The van der Waals surface area contributed by atoms with Gasteiger partial charge in [-0.2, -0.15) is 5.10 Å². The summed E-state index contributed by atoms with van der Waals surface area (Å²) in [5.41, 5.74) is 1.81. The van der Waals surface area contributed by atoms with Gasteiger partial charge in [-0.25, -0.2) is 4.68 Å². The molecule has 1 saturated heterocycles. The summed E-state index contributed by atoms with van der Waals surface area (Å²) in [6.07, 6.45) is 7.02. The molecule has 1 N–H and O–H groups in total. The van der Waals surface area contributed by atoms with Crippen LogP contribution in [0.5, 0.6) is 5.75 Å². The minimum absolute atomic E-state index is 0.0455. The topological polar surface area (TPSA) is 74.6 Å². The van der Waals surface area contributed by atoms with E-state index in [9.17, 15) is 4.79 Å². The Kier molecular flexibility index (Phi) is 6.62. The molecule has 2 aromatic rings. The molecule has 1 aliphatic rings. The molecular weight excluding hydrogens is 334 g/mol.